The fraction of sp³-hybridized carbons (Fsp3) is 0.458. The molecule has 0 amide bonds. The minimum Gasteiger partial charge on any atom is -0.493 e. The fourth-order valence-electron chi connectivity index (χ4n) is 4.38. The van der Waals surface area contributed by atoms with Gasteiger partial charge in [0.15, 0.2) is 5.69 Å². The minimum absolute atomic E-state index is 0.0339. The Hall–Kier alpha value is -3.26. The second-order valence-electron chi connectivity index (χ2n) is 8.67. The summed E-state index contributed by atoms with van der Waals surface area (Å²) in [7, 11) is 1.72. The van der Waals surface area contributed by atoms with Crippen LogP contribution < -0.4 is 4.74 Å². The Morgan fingerprint density at radius 1 is 1.20 bits per heavy atom. The number of aryl methyl sites for hydroxylation is 1. The highest BCUT2D eigenvalue weighted by Gasteiger charge is 2.35. The highest BCUT2D eigenvalue weighted by atomic mass is 19.4. The predicted molar refractivity (Wildman–Crippen MR) is 119 cm³/mol. The summed E-state index contributed by atoms with van der Waals surface area (Å²) in [6, 6.07) is 7.27. The van der Waals surface area contributed by atoms with E-state index in [4.69, 9.17) is 4.74 Å². The number of halogens is 5. The van der Waals surface area contributed by atoms with Gasteiger partial charge in [-0.15, -0.1) is 0 Å². The maximum Gasteiger partial charge on any atom is 0.419 e. The lowest BCUT2D eigenvalue weighted by atomic mass is 9.94. The molecule has 1 aliphatic heterocycles. The number of aromatic nitrogens is 3. The highest BCUT2D eigenvalue weighted by Crippen LogP contribution is 2.39. The molecule has 0 spiro atoms. The number of rotatable bonds is 7. The van der Waals surface area contributed by atoms with Crippen LogP contribution in [0, 0.1) is 17.2 Å². The van der Waals surface area contributed by atoms with E-state index < -0.39 is 18.2 Å². The maximum absolute atomic E-state index is 13.9. The van der Waals surface area contributed by atoms with E-state index in [1.165, 1.54) is 18.5 Å². The second kappa shape index (κ2) is 10.2. The van der Waals surface area contributed by atoms with Gasteiger partial charge in [0.25, 0.3) is 6.43 Å². The monoisotopic (exact) mass is 493 g/mol. The summed E-state index contributed by atoms with van der Waals surface area (Å²) in [5, 5.41) is 9.40. The predicted octanol–water partition coefficient (Wildman–Crippen LogP) is 5.27. The number of likely N-dealkylation sites (tertiary alicyclic amines) is 1. The lowest BCUT2D eigenvalue weighted by Crippen LogP contribution is -2.37. The van der Waals surface area contributed by atoms with Crippen LogP contribution in [0.1, 0.15) is 30.5 Å². The number of ether oxygens (including phenoxy) is 1. The first-order valence-electron chi connectivity index (χ1n) is 11.2. The molecule has 35 heavy (non-hydrogen) atoms. The summed E-state index contributed by atoms with van der Waals surface area (Å²) >= 11 is 0. The number of fused-ring (bicyclic) bond motifs is 1. The quantitative estimate of drug-likeness (QED) is 0.420. The van der Waals surface area contributed by atoms with E-state index in [1.807, 2.05) is 6.07 Å². The van der Waals surface area contributed by atoms with Crippen molar-refractivity contribution in [3.05, 3.63) is 41.9 Å². The third-order valence-electron chi connectivity index (χ3n) is 6.29. The number of alkyl halides is 5. The number of imidazole rings is 1. The summed E-state index contributed by atoms with van der Waals surface area (Å²) in [4.78, 5) is 10.0. The van der Waals surface area contributed by atoms with Crippen LogP contribution in [0.3, 0.4) is 0 Å². The lowest BCUT2D eigenvalue weighted by Gasteiger charge is -2.31. The summed E-state index contributed by atoms with van der Waals surface area (Å²) in [5.74, 6) is -0.0599. The molecule has 0 bridgehead atoms. The van der Waals surface area contributed by atoms with Gasteiger partial charge in [0, 0.05) is 12.6 Å². The Balaban J connectivity index is 1.49. The van der Waals surface area contributed by atoms with Gasteiger partial charge in [0.1, 0.15) is 17.3 Å². The molecule has 11 heteroatoms. The molecule has 2 aromatic heterocycles. The van der Waals surface area contributed by atoms with Crippen molar-refractivity contribution < 1.29 is 26.7 Å². The molecule has 1 saturated heterocycles. The molecule has 1 aliphatic rings. The average molecular weight is 493 g/mol. The lowest BCUT2D eigenvalue weighted by molar-refractivity contribution is -0.138. The molecule has 0 N–H and O–H groups in total. The Bertz CT molecular complexity index is 1230. The zero-order valence-corrected chi connectivity index (χ0v) is 19.0. The van der Waals surface area contributed by atoms with Crippen LogP contribution in [0.4, 0.5) is 22.0 Å². The van der Waals surface area contributed by atoms with Crippen molar-refractivity contribution in [3.8, 4) is 23.1 Å². The van der Waals surface area contributed by atoms with Gasteiger partial charge < -0.3 is 9.30 Å². The van der Waals surface area contributed by atoms with Crippen molar-refractivity contribution in [3.63, 3.8) is 0 Å². The highest BCUT2D eigenvalue weighted by molar-refractivity contribution is 5.84. The fourth-order valence-corrected chi connectivity index (χ4v) is 4.38. The number of piperidine rings is 1. The van der Waals surface area contributed by atoms with Crippen molar-refractivity contribution in [2.45, 2.75) is 31.9 Å². The molecule has 0 radical (unpaired) electrons. The molecule has 0 saturated carbocycles. The van der Waals surface area contributed by atoms with Crippen molar-refractivity contribution >= 4 is 11.0 Å². The Morgan fingerprint density at radius 2 is 1.94 bits per heavy atom. The normalized spacial score (nSPS) is 15.6. The first kappa shape index (κ1) is 24.9. The Morgan fingerprint density at radius 3 is 2.60 bits per heavy atom. The van der Waals surface area contributed by atoms with Gasteiger partial charge in [0.2, 0.25) is 0 Å². The molecule has 1 aromatic carbocycles. The topological polar surface area (TPSA) is 67.0 Å². The van der Waals surface area contributed by atoms with E-state index in [2.05, 4.69) is 9.97 Å². The first-order valence-corrected chi connectivity index (χ1v) is 11.2. The largest absolute Gasteiger partial charge is 0.493 e. The first-order chi connectivity index (χ1) is 16.7. The minimum atomic E-state index is -4.65. The van der Waals surface area contributed by atoms with Crippen LogP contribution in [0.2, 0.25) is 0 Å². The maximum atomic E-state index is 13.9. The van der Waals surface area contributed by atoms with Crippen LogP contribution in [0.5, 0.6) is 5.75 Å². The molecule has 186 valence electrons. The molecule has 1 fully saturated rings. The van der Waals surface area contributed by atoms with Crippen LogP contribution >= 0.6 is 0 Å². The van der Waals surface area contributed by atoms with Gasteiger partial charge >= 0.3 is 6.18 Å². The number of hydrogen-bond acceptors (Lipinski definition) is 5. The van der Waals surface area contributed by atoms with Crippen molar-refractivity contribution in [1.29, 1.82) is 5.26 Å². The number of nitrogens with zero attached hydrogens (tertiary/aromatic N) is 5. The molecular weight excluding hydrogens is 469 g/mol. The average Bonchev–Trinajstić information content (AvgIpc) is 3.19. The molecule has 3 aromatic rings. The van der Waals surface area contributed by atoms with E-state index in [9.17, 15) is 27.2 Å². The van der Waals surface area contributed by atoms with Gasteiger partial charge in [-0.3, -0.25) is 4.90 Å². The van der Waals surface area contributed by atoms with E-state index in [0.29, 0.717) is 43.4 Å². The molecule has 0 unspecified atom stereocenters. The van der Waals surface area contributed by atoms with Crippen LogP contribution in [-0.4, -0.2) is 52.1 Å². The Kier molecular flexibility index (Phi) is 7.21. The van der Waals surface area contributed by atoms with Gasteiger partial charge in [-0.25, -0.2) is 18.7 Å². The summed E-state index contributed by atoms with van der Waals surface area (Å²) < 4.78 is 73.8. The van der Waals surface area contributed by atoms with E-state index in [1.54, 1.807) is 22.6 Å². The van der Waals surface area contributed by atoms with Crippen molar-refractivity contribution in [2.24, 2.45) is 13.0 Å². The molecule has 0 aliphatic carbocycles. The van der Waals surface area contributed by atoms with E-state index in [-0.39, 0.29) is 41.8 Å². The van der Waals surface area contributed by atoms with Crippen LogP contribution in [-0.2, 0) is 13.2 Å². The third kappa shape index (κ3) is 5.70. The van der Waals surface area contributed by atoms with Crippen LogP contribution in [0.25, 0.3) is 22.3 Å². The molecule has 4 rings (SSSR count). The van der Waals surface area contributed by atoms with Gasteiger partial charge in [-0.2, -0.15) is 18.4 Å². The second-order valence-corrected chi connectivity index (χ2v) is 8.67. The zero-order chi connectivity index (χ0) is 25.2. The molecule has 0 atom stereocenters. The smallest absolute Gasteiger partial charge is 0.419 e. The summed E-state index contributed by atoms with van der Waals surface area (Å²) in [6.45, 7) is 0.953. The standard InChI is InChI=1S/C24H24F5N5O/c1-33-14-31-23-19(12-30)32-18(11-20(23)33)16-2-3-21(17(10-16)24(27,28)29)35-9-6-15-4-7-34(8-5-15)13-22(25)26/h2-3,10-11,14-15,22H,4-9,13H2,1H3. The SMILES string of the molecule is Cn1cnc2c(C#N)nc(-c3ccc(OCCC4CCN(CC(F)F)CC4)c(C(F)(F)F)c3)cc21. The summed E-state index contributed by atoms with van der Waals surface area (Å²) in [5.41, 5.74) is 0.509. The molecular formula is C24H24F5N5O. The van der Waals surface area contributed by atoms with E-state index in [0.717, 1.165) is 6.07 Å². The molecule has 6 nitrogen and oxygen atoms in total. The van der Waals surface area contributed by atoms with E-state index >= 15 is 0 Å². The van der Waals surface area contributed by atoms with Gasteiger partial charge in [0.05, 0.1) is 36.3 Å². The number of benzene rings is 1. The third-order valence-corrected chi connectivity index (χ3v) is 6.29. The van der Waals surface area contributed by atoms with Crippen molar-refractivity contribution in [1.82, 2.24) is 19.4 Å². The van der Waals surface area contributed by atoms with Gasteiger partial charge in [-0.1, -0.05) is 0 Å². The Labute approximate surface area is 198 Å². The summed E-state index contributed by atoms with van der Waals surface area (Å²) in [6.07, 6.45) is -3.54. The number of nitriles is 1. The van der Waals surface area contributed by atoms with Gasteiger partial charge in [-0.05, 0) is 62.5 Å². The molecule has 3 heterocycles. The zero-order valence-electron chi connectivity index (χ0n) is 19.0. The number of pyridine rings is 1. The van der Waals surface area contributed by atoms with Crippen LogP contribution in [0.15, 0.2) is 30.6 Å². The number of hydrogen-bond donors (Lipinski definition) is 0. The van der Waals surface area contributed by atoms with Crippen molar-refractivity contribution in [2.75, 3.05) is 26.2 Å².